The van der Waals surface area contributed by atoms with Gasteiger partial charge in [-0.1, -0.05) is 12.2 Å². The third-order valence-corrected chi connectivity index (χ3v) is 3.19. The fourth-order valence-electron chi connectivity index (χ4n) is 2.14. The molecular weight excluding hydrogens is 253 g/mol. The lowest BCUT2D eigenvalue weighted by Crippen LogP contribution is -2.34. The maximum Gasteiger partial charge on any atom is 0.406 e. The molecular formula is C10H11F3N2OS. The van der Waals surface area contributed by atoms with Crippen LogP contribution in [0.25, 0.3) is 0 Å². The molecule has 1 heterocycles. The summed E-state index contributed by atoms with van der Waals surface area (Å²) >= 11 is 4.98. The Labute approximate surface area is 100 Å². The third-order valence-electron chi connectivity index (χ3n) is 2.84. The Morgan fingerprint density at radius 1 is 1.29 bits per heavy atom. The Hall–Kier alpha value is -1.11. The number of halogens is 3. The van der Waals surface area contributed by atoms with E-state index in [1.54, 1.807) is 0 Å². The van der Waals surface area contributed by atoms with E-state index in [2.05, 4.69) is 4.98 Å². The van der Waals surface area contributed by atoms with Gasteiger partial charge >= 0.3 is 11.9 Å². The van der Waals surface area contributed by atoms with Gasteiger partial charge in [0.15, 0.2) is 0 Å². The minimum Gasteiger partial charge on any atom is -0.298 e. The average Bonchev–Trinajstić information content (AvgIpc) is 2.23. The zero-order valence-electron chi connectivity index (χ0n) is 8.93. The summed E-state index contributed by atoms with van der Waals surface area (Å²) < 4.78 is 38.2. The highest BCUT2D eigenvalue weighted by atomic mass is 32.1. The molecule has 1 N–H and O–H groups in total. The summed E-state index contributed by atoms with van der Waals surface area (Å²) in [4.78, 5) is 13.8. The van der Waals surface area contributed by atoms with Crippen molar-refractivity contribution in [2.24, 2.45) is 0 Å². The molecule has 1 aliphatic rings. The Morgan fingerprint density at radius 3 is 2.59 bits per heavy atom. The number of hydrogen-bond acceptors (Lipinski definition) is 2. The highest BCUT2D eigenvalue weighted by Crippen LogP contribution is 2.23. The minimum absolute atomic E-state index is 0.281. The van der Waals surface area contributed by atoms with Gasteiger partial charge in [-0.3, -0.25) is 9.55 Å². The van der Waals surface area contributed by atoms with E-state index in [9.17, 15) is 18.0 Å². The highest BCUT2D eigenvalue weighted by Gasteiger charge is 2.30. The van der Waals surface area contributed by atoms with Crippen LogP contribution in [0.15, 0.2) is 4.79 Å². The molecule has 2 rings (SSSR count). The molecule has 1 aromatic rings. The summed E-state index contributed by atoms with van der Waals surface area (Å²) in [6.45, 7) is -1.25. The lowest BCUT2D eigenvalue weighted by atomic mass is 9.97. The Morgan fingerprint density at radius 2 is 1.94 bits per heavy atom. The van der Waals surface area contributed by atoms with E-state index in [-0.39, 0.29) is 4.64 Å². The van der Waals surface area contributed by atoms with Gasteiger partial charge in [0.25, 0.3) is 0 Å². The summed E-state index contributed by atoms with van der Waals surface area (Å²) in [7, 11) is 0. The van der Waals surface area contributed by atoms with E-state index in [0.29, 0.717) is 24.1 Å². The fraction of sp³-hybridized carbons (Fsp3) is 0.600. The first-order valence-corrected chi connectivity index (χ1v) is 5.71. The van der Waals surface area contributed by atoms with E-state index in [4.69, 9.17) is 12.2 Å². The van der Waals surface area contributed by atoms with E-state index >= 15 is 0 Å². The molecule has 0 saturated heterocycles. The average molecular weight is 264 g/mol. The van der Waals surface area contributed by atoms with E-state index < -0.39 is 18.4 Å². The first-order chi connectivity index (χ1) is 7.88. The maximum atomic E-state index is 12.4. The number of rotatable bonds is 1. The van der Waals surface area contributed by atoms with Crippen LogP contribution < -0.4 is 5.69 Å². The lowest BCUT2D eigenvalue weighted by Gasteiger charge is -2.21. The minimum atomic E-state index is -4.40. The van der Waals surface area contributed by atoms with Gasteiger partial charge in [-0.15, -0.1) is 0 Å². The number of hydrogen-bond donors (Lipinski definition) is 1. The number of aromatic nitrogens is 2. The van der Waals surface area contributed by atoms with Gasteiger partial charge in [-0.05, 0) is 25.7 Å². The van der Waals surface area contributed by atoms with Crippen LogP contribution >= 0.6 is 12.2 Å². The molecule has 1 aliphatic carbocycles. The van der Waals surface area contributed by atoms with Gasteiger partial charge in [0.1, 0.15) is 11.2 Å². The molecule has 0 unspecified atom stereocenters. The van der Waals surface area contributed by atoms with Gasteiger partial charge in [0.05, 0.1) is 0 Å². The second kappa shape index (κ2) is 4.29. The van der Waals surface area contributed by atoms with Crippen molar-refractivity contribution in [2.75, 3.05) is 0 Å². The van der Waals surface area contributed by atoms with Crippen molar-refractivity contribution in [3.8, 4) is 0 Å². The fourth-order valence-corrected chi connectivity index (χ4v) is 2.45. The molecule has 0 fully saturated rings. The van der Waals surface area contributed by atoms with Gasteiger partial charge in [-0.2, -0.15) is 13.2 Å². The third kappa shape index (κ3) is 2.59. The molecule has 0 aromatic carbocycles. The van der Waals surface area contributed by atoms with Crippen molar-refractivity contribution < 1.29 is 13.2 Å². The first-order valence-electron chi connectivity index (χ1n) is 5.30. The quantitative estimate of drug-likeness (QED) is 0.791. The largest absolute Gasteiger partial charge is 0.406 e. The van der Waals surface area contributed by atoms with Crippen molar-refractivity contribution in [1.29, 1.82) is 0 Å². The molecule has 0 aliphatic heterocycles. The molecule has 0 spiro atoms. The molecule has 3 nitrogen and oxygen atoms in total. The van der Waals surface area contributed by atoms with Crippen LogP contribution in [-0.2, 0) is 19.4 Å². The Balaban J connectivity index is 2.58. The molecule has 0 bridgehead atoms. The highest BCUT2D eigenvalue weighted by molar-refractivity contribution is 7.71. The smallest absolute Gasteiger partial charge is 0.298 e. The maximum absolute atomic E-state index is 12.4. The summed E-state index contributed by atoms with van der Waals surface area (Å²) in [5.74, 6) is 0. The standard InChI is InChI=1S/C10H11F3N2OS/c11-10(12,13)5-15-7-4-2-1-3-6(7)8(17)14-9(15)16/h1-5H2,(H,14,16,17). The lowest BCUT2D eigenvalue weighted by molar-refractivity contribution is -0.141. The molecule has 0 amide bonds. The molecule has 7 heteroatoms. The van der Waals surface area contributed by atoms with Crippen LogP contribution in [0.1, 0.15) is 24.1 Å². The number of nitrogens with zero attached hydrogens (tertiary/aromatic N) is 1. The number of H-pyrrole nitrogens is 1. The molecule has 0 saturated carbocycles. The van der Waals surface area contributed by atoms with E-state index in [0.717, 1.165) is 17.4 Å². The number of aromatic amines is 1. The normalized spacial score (nSPS) is 15.7. The summed E-state index contributed by atoms with van der Waals surface area (Å²) in [6, 6.07) is 0. The zero-order valence-corrected chi connectivity index (χ0v) is 9.75. The van der Waals surface area contributed by atoms with Gasteiger partial charge in [0.2, 0.25) is 0 Å². The number of alkyl halides is 3. The van der Waals surface area contributed by atoms with Crippen LogP contribution in [0.2, 0.25) is 0 Å². The molecule has 17 heavy (non-hydrogen) atoms. The Bertz CT molecular complexity index is 544. The zero-order chi connectivity index (χ0) is 12.6. The van der Waals surface area contributed by atoms with Crippen LogP contribution in [0.3, 0.4) is 0 Å². The molecule has 0 atom stereocenters. The van der Waals surface area contributed by atoms with Gasteiger partial charge in [-0.25, -0.2) is 4.79 Å². The second-order valence-corrected chi connectivity index (χ2v) is 4.50. The first kappa shape index (κ1) is 12.3. The summed E-state index contributed by atoms with van der Waals surface area (Å²) in [5, 5.41) is 0. The summed E-state index contributed by atoms with van der Waals surface area (Å²) in [6.07, 6.45) is -1.58. The summed E-state index contributed by atoms with van der Waals surface area (Å²) in [5.41, 5.74) is 0.366. The van der Waals surface area contributed by atoms with E-state index in [1.807, 2.05) is 0 Å². The van der Waals surface area contributed by atoms with Crippen LogP contribution in [-0.4, -0.2) is 15.7 Å². The topological polar surface area (TPSA) is 37.8 Å². The van der Waals surface area contributed by atoms with Crippen molar-refractivity contribution in [3.05, 3.63) is 26.4 Å². The van der Waals surface area contributed by atoms with Gasteiger partial charge < -0.3 is 0 Å². The number of fused-ring (bicyclic) bond motifs is 1. The van der Waals surface area contributed by atoms with Crippen molar-refractivity contribution in [2.45, 2.75) is 38.4 Å². The predicted molar refractivity (Wildman–Crippen MR) is 58.6 cm³/mol. The molecule has 1 aromatic heterocycles. The molecule has 0 radical (unpaired) electrons. The Kier molecular flexibility index (Phi) is 3.11. The number of nitrogens with one attached hydrogen (secondary N) is 1. The van der Waals surface area contributed by atoms with Gasteiger partial charge in [0, 0.05) is 11.3 Å². The van der Waals surface area contributed by atoms with Crippen molar-refractivity contribution >= 4 is 12.2 Å². The van der Waals surface area contributed by atoms with Crippen molar-refractivity contribution in [3.63, 3.8) is 0 Å². The van der Waals surface area contributed by atoms with Crippen LogP contribution in [0.5, 0.6) is 0 Å². The predicted octanol–water partition coefficient (Wildman–Crippen LogP) is 2.35. The van der Waals surface area contributed by atoms with Crippen molar-refractivity contribution in [1.82, 2.24) is 9.55 Å². The molecule has 94 valence electrons. The second-order valence-electron chi connectivity index (χ2n) is 4.09. The SMILES string of the molecule is O=c1[nH]c(=S)c2c(n1CC(F)(F)F)CCCC2. The monoisotopic (exact) mass is 264 g/mol. The van der Waals surface area contributed by atoms with Crippen LogP contribution in [0.4, 0.5) is 13.2 Å². The van der Waals surface area contributed by atoms with Crippen LogP contribution in [0, 0.1) is 4.64 Å². The van der Waals surface area contributed by atoms with E-state index in [1.165, 1.54) is 0 Å².